The van der Waals surface area contributed by atoms with E-state index in [0.29, 0.717) is 30.1 Å². The van der Waals surface area contributed by atoms with E-state index in [1.54, 1.807) is 12.1 Å². The van der Waals surface area contributed by atoms with E-state index in [2.05, 4.69) is 29.3 Å². The number of nitrogens with zero attached hydrogens (tertiary/aromatic N) is 4. The molecule has 4 rings (SSSR count). The number of rotatable bonds is 13. The van der Waals surface area contributed by atoms with Gasteiger partial charge in [-0.05, 0) is 71.0 Å². The molecule has 0 bridgehead atoms. The normalized spacial score (nSPS) is 10.8. The summed E-state index contributed by atoms with van der Waals surface area (Å²) < 4.78 is 9.51. The third-order valence-corrected chi connectivity index (χ3v) is 10.2. The lowest BCUT2D eigenvalue weighted by molar-refractivity contribution is -0.114. The number of carboxylic acid groups (broad SMARTS) is 2. The molecule has 0 radical (unpaired) electrons. The van der Waals surface area contributed by atoms with Crippen molar-refractivity contribution in [2.75, 3.05) is 34.7 Å². The van der Waals surface area contributed by atoms with Gasteiger partial charge in [0.05, 0.1) is 34.0 Å². The summed E-state index contributed by atoms with van der Waals surface area (Å²) in [5.74, 6) is -3.35. The maximum atomic E-state index is 12.5. The second-order valence-corrected chi connectivity index (χ2v) is 13.4. The van der Waals surface area contributed by atoms with E-state index in [4.69, 9.17) is 0 Å². The highest BCUT2D eigenvalue weighted by atomic mass is 32.2. The molecule has 0 aliphatic carbocycles. The Hall–Kier alpha value is -3.16. The summed E-state index contributed by atoms with van der Waals surface area (Å²) in [5.41, 5.74) is 0.681. The average molecular weight is 681 g/mol. The molecule has 218 valence electrons. The highest BCUT2D eigenvalue weighted by molar-refractivity contribution is 8.02. The van der Waals surface area contributed by atoms with Gasteiger partial charge in [-0.2, -0.15) is 8.75 Å². The molecule has 4 aromatic rings. The molecule has 0 unspecified atom stereocenters. The molecule has 0 aliphatic rings. The second-order valence-electron chi connectivity index (χ2n) is 7.90. The number of nitrogens with one attached hydrogen (secondary N) is 2. The van der Waals surface area contributed by atoms with Gasteiger partial charge in [0.25, 0.3) is 0 Å². The molecule has 2 aromatic carbocycles. The Kier molecular flexibility index (Phi) is 11.2. The molecule has 18 heteroatoms. The number of amides is 2. The fourth-order valence-corrected chi connectivity index (χ4v) is 7.34. The van der Waals surface area contributed by atoms with Gasteiger partial charge in [0.15, 0.2) is 8.68 Å². The quantitative estimate of drug-likeness (QED) is 0.132. The van der Waals surface area contributed by atoms with Gasteiger partial charge < -0.3 is 20.8 Å². The average Bonchev–Trinajstić information content (AvgIpc) is 3.64. The number of benzene rings is 2. The third kappa shape index (κ3) is 8.45. The molecule has 0 saturated heterocycles. The number of aromatic carboxylic acids is 2. The van der Waals surface area contributed by atoms with Crippen LogP contribution < -0.4 is 10.6 Å². The summed E-state index contributed by atoms with van der Waals surface area (Å²) in [4.78, 5) is 57.5. The number of carbonyl (C=O) groups is 4. The van der Waals surface area contributed by atoms with Gasteiger partial charge in [0, 0.05) is 0 Å². The molecule has 2 aromatic heterocycles. The molecule has 42 heavy (non-hydrogen) atoms. The zero-order valence-corrected chi connectivity index (χ0v) is 26.5. The fraction of sp³-hybridized carbons (Fsp3) is 0.167. The topological polar surface area (TPSA) is 184 Å². The van der Waals surface area contributed by atoms with Crippen LogP contribution in [0.15, 0.2) is 55.4 Å². The Labute approximate surface area is 264 Å². The number of anilines is 2. The van der Waals surface area contributed by atoms with E-state index < -0.39 is 23.8 Å². The maximum Gasteiger partial charge on any atom is 0.337 e. The van der Waals surface area contributed by atoms with E-state index in [-0.39, 0.29) is 34.0 Å². The van der Waals surface area contributed by atoms with Gasteiger partial charge in [-0.25, -0.2) is 19.6 Å². The Morgan fingerprint density at radius 1 is 0.714 bits per heavy atom. The summed E-state index contributed by atoms with van der Waals surface area (Å²) in [6.07, 6.45) is 3.69. The first-order chi connectivity index (χ1) is 20.2. The summed E-state index contributed by atoms with van der Waals surface area (Å²) in [6.45, 7) is 0. The summed E-state index contributed by atoms with van der Waals surface area (Å²) in [5, 5.41) is 26.0. The van der Waals surface area contributed by atoms with Crippen molar-refractivity contribution in [2.45, 2.75) is 19.0 Å². The van der Waals surface area contributed by atoms with Crippen LogP contribution in [0, 0.1) is 0 Å². The number of aromatic nitrogens is 4. The highest BCUT2D eigenvalue weighted by Crippen LogP contribution is 2.30. The predicted molar refractivity (Wildman–Crippen MR) is 168 cm³/mol. The number of thioether (sulfide) groups is 4. The first kappa shape index (κ1) is 31.8. The molecule has 12 nitrogen and oxygen atoms in total. The zero-order chi connectivity index (χ0) is 30.2. The Morgan fingerprint density at radius 2 is 1.12 bits per heavy atom. The standard InChI is InChI=1S/C24H20N6O6S6/c1-37-21-27-23(41-29-21)39-9-17(31)25-15-5-3-11(7-13(15)19(33)34)12-4-6-16(14(8-12)20(35)36)26-18(32)10-40-24-28-22(38-2)30-42-24/h3-8H,9-10H2,1-2H3,(H,25,31)(H,26,32)(H,33,34)(H,35,36). The van der Waals surface area contributed by atoms with Crippen LogP contribution in [0.3, 0.4) is 0 Å². The summed E-state index contributed by atoms with van der Waals surface area (Å²) in [6, 6.07) is 8.74. The van der Waals surface area contributed by atoms with Crippen molar-refractivity contribution in [3.63, 3.8) is 0 Å². The molecule has 0 spiro atoms. The van der Waals surface area contributed by atoms with Crippen LogP contribution in [0.4, 0.5) is 11.4 Å². The van der Waals surface area contributed by atoms with Crippen LogP contribution in [0.1, 0.15) is 20.7 Å². The van der Waals surface area contributed by atoms with Crippen molar-refractivity contribution >= 4 is 105 Å². The van der Waals surface area contributed by atoms with Crippen molar-refractivity contribution in [3.8, 4) is 11.1 Å². The van der Waals surface area contributed by atoms with Gasteiger partial charge in [0.2, 0.25) is 22.1 Å². The van der Waals surface area contributed by atoms with E-state index in [1.807, 2.05) is 12.5 Å². The van der Waals surface area contributed by atoms with E-state index >= 15 is 0 Å². The Balaban J connectivity index is 1.46. The van der Waals surface area contributed by atoms with E-state index in [0.717, 1.165) is 0 Å². The molecule has 2 amide bonds. The van der Waals surface area contributed by atoms with Crippen molar-refractivity contribution in [2.24, 2.45) is 0 Å². The van der Waals surface area contributed by atoms with Gasteiger partial charge in [0.1, 0.15) is 0 Å². The van der Waals surface area contributed by atoms with E-state index in [9.17, 15) is 29.4 Å². The first-order valence-corrected chi connectivity index (χ1v) is 17.5. The van der Waals surface area contributed by atoms with Crippen LogP contribution in [0.5, 0.6) is 0 Å². The van der Waals surface area contributed by atoms with Crippen LogP contribution in [-0.4, -0.2) is 76.7 Å². The van der Waals surface area contributed by atoms with Crippen molar-refractivity contribution < 1.29 is 29.4 Å². The lowest BCUT2D eigenvalue weighted by atomic mass is 9.99. The smallest absolute Gasteiger partial charge is 0.337 e. The largest absolute Gasteiger partial charge is 0.478 e. The van der Waals surface area contributed by atoms with Crippen molar-refractivity contribution in [1.29, 1.82) is 0 Å². The molecular weight excluding hydrogens is 661 g/mol. The summed E-state index contributed by atoms with van der Waals surface area (Å²) in [7, 11) is 0. The molecular formula is C24H20N6O6S6. The highest BCUT2D eigenvalue weighted by Gasteiger charge is 2.18. The van der Waals surface area contributed by atoms with Crippen molar-refractivity contribution in [1.82, 2.24) is 18.7 Å². The lowest BCUT2D eigenvalue weighted by Crippen LogP contribution is -2.17. The first-order valence-electron chi connectivity index (χ1n) is 11.5. The van der Waals surface area contributed by atoms with Gasteiger partial charge >= 0.3 is 11.9 Å². The Morgan fingerprint density at radius 3 is 1.45 bits per heavy atom. The minimum absolute atomic E-state index is 0.0110. The van der Waals surface area contributed by atoms with Crippen LogP contribution >= 0.6 is 70.1 Å². The SMILES string of the molecule is CSc1nsc(SCC(=O)Nc2ccc(-c3ccc(NC(=O)CSc4nc(SC)ns4)c(C(=O)O)c3)cc2C(=O)O)n1. The molecule has 4 N–H and O–H groups in total. The lowest BCUT2D eigenvalue weighted by Gasteiger charge is -2.13. The van der Waals surface area contributed by atoms with Crippen LogP contribution in [0.2, 0.25) is 0 Å². The van der Waals surface area contributed by atoms with Gasteiger partial charge in [-0.1, -0.05) is 59.2 Å². The summed E-state index contributed by atoms with van der Waals surface area (Å²) >= 11 is 7.52. The molecule has 0 aliphatic heterocycles. The minimum atomic E-state index is -1.27. The van der Waals surface area contributed by atoms with Gasteiger partial charge in [-0.15, -0.1) is 0 Å². The van der Waals surface area contributed by atoms with Crippen LogP contribution in [-0.2, 0) is 9.59 Å². The number of hydrogen-bond acceptors (Lipinski definition) is 14. The van der Waals surface area contributed by atoms with Crippen LogP contribution in [0.25, 0.3) is 11.1 Å². The fourth-order valence-electron chi connectivity index (χ4n) is 3.32. The maximum absolute atomic E-state index is 12.5. The Bertz CT molecular complexity index is 1520. The van der Waals surface area contributed by atoms with Gasteiger partial charge in [-0.3, -0.25) is 9.59 Å². The monoisotopic (exact) mass is 680 g/mol. The second kappa shape index (κ2) is 14.8. The molecule has 2 heterocycles. The number of carboxylic acids is 2. The van der Waals surface area contributed by atoms with Crippen molar-refractivity contribution in [3.05, 3.63) is 47.5 Å². The minimum Gasteiger partial charge on any atom is -0.478 e. The molecule has 0 saturated carbocycles. The third-order valence-electron chi connectivity index (χ3n) is 5.18. The number of carbonyl (C=O) groups excluding carboxylic acids is 2. The van der Waals surface area contributed by atoms with E-state index in [1.165, 1.54) is 94.4 Å². The number of hydrogen-bond donors (Lipinski definition) is 4. The molecule has 0 atom stereocenters. The zero-order valence-electron chi connectivity index (χ0n) is 21.6. The molecule has 0 fully saturated rings. The predicted octanol–water partition coefficient (Wildman–Crippen LogP) is 5.36.